The summed E-state index contributed by atoms with van der Waals surface area (Å²) in [6.07, 6.45) is 3.21. The van der Waals surface area contributed by atoms with Crippen molar-refractivity contribution >= 4 is 23.1 Å². The summed E-state index contributed by atoms with van der Waals surface area (Å²) in [4.78, 5) is 19.5. The molecule has 98 valence electrons. The van der Waals surface area contributed by atoms with Crippen LogP contribution < -0.4 is 5.32 Å². The lowest BCUT2D eigenvalue weighted by molar-refractivity contribution is -0.386. The molecule has 0 unspecified atom stereocenters. The molecule has 7 heteroatoms. The average molecular weight is 276 g/mol. The Kier molecular flexibility index (Phi) is 4.30. The Hall–Kier alpha value is -2.15. The minimum Gasteiger partial charge on any atom is -0.380 e. The van der Waals surface area contributed by atoms with E-state index in [1.807, 2.05) is 6.92 Å². The molecule has 0 spiro atoms. The molecule has 0 amide bonds. The van der Waals surface area contributed by atoms with Crippen molar-refractivity contribution in [1.29, 1.82) is 0 Å². The van der Waals surface area contributed by atoms with Crippen molar-refractivity contribution in [3.63, 3.8) is 0 Å². The van der Waals surface area contributed by atoms with Gasteiger partial charge in [0.05, 0.1) is 9.82 Å². The smallest absolute Gasteiger partial charge is 0.306 e. The lowest BCUT2D eigenvalue weighted by Gasteiger charge is -2.07. The fraction of sp³-hybridized carbons (Fsp3) is 0.167. The van der Waals surface area contributed by atoms with Crippen LogP contribution in [0.25, 0.3) is 0 Å². The number of aromatic nitrogens is 2. The average Bonchev–Trinajstić information content (AvgIpc) is 2.40. The summed E-state index contributed by atoms with van der Waals surface area (Å²) < 4.78 is 0. The van der Waals surface area contributed by atoms with Gasteiger partial charge in [-0.3, -0.25) is 10.1 Å². The van der Waals surface area contributed by atoms with E-state index in [1.54, 1.807) is 36.7 Å². The highest BCUT2D eigenvalue weighted by molar-refractivity contribution is 7.99. The minimum atomic E-state index is -0.386. The molecule has 1 N–H and O–H groups in total. The molecular weight excluding hydrogens is 264 g/mol. The molecule has 1 aromatic heterocycles. The van der Waals surface area contributed by atoms with Crippen LogP contribution in [-0.4, -0.2) is 21.4 Å². The van der Waals surface area contributed by atoms with E-state index in [1.165, 1.54) is 11.8 Å². The Balaban J connectivity index is 2.39. The van der Waals surface area contributed by atoms with E-state index in [0.717, 1.165) is 0 Å². The Morgan fingerprint density at radius 3 is 2.68 bits per heavy atom. The maximum absolute atomic E-state index is 11.2. The van der Waals surface area contributed by atoms with Crippen molar-refractivity contribution in [3.8, 4) is 0 Å². The molecule has 19 heavy (non-hydrogen) atoms. The second-order valence-corrected chi connectivity index (χ2v) is 4.58. The number of anilines is 1. The SMILES string of the molecule is CCNc1cccc(Sc2ncccn2)c1[N+](=O)[O-]. The molecule has 2 aromatic rings. The number of nitrogens with one attached hydrogen (secondary N) is 1. The molecule has 1 aromatic carbocycles. The van der Waals surface area contributed by atoms with Gasteiger partial charge in [-0.2, -0.15) is 0 Å². The van der Waals surface area contributed by atoms with Crippen LogP contribution in [0.3, 0.4) is 0 Å². The van der Waals surface area contributed by atoms with Crippen LogP contribution in [0.2, 0.25) is 0 Å². The van der Waals surface area contributed by atoms with Crippen molar-refractivity contribution in [2.45, 2.75) is 17.0 Å². The fourth-order valence-corrected chi connectivity index (χ4v) is 2.41. The van der Waals surface area contributed by atoms with Crippen LogP contribution in [0, 0.1) is 10.1 Å². The zero-order chi connectivity index (χ0) is 13.7. The van der Waals surface area contributed by atoms with Crippen LogP contribution in [-0.2, 0) is 0 Å². The predicted octanol–water partition coefficient (Wildman–Crippen LogP) is 2.97. The van der Waals surface area contributed by atoms with Gasteiger partial charge < -0.3 is 5.32 Å². The second kappa shape index (κ2) is 6.14. The molecule has 0 saturated carbocycles. The van der Waals surface area contributed by atoms with Crippen LogP contribution in [0.5, 0.6) is 0 Å². The van der Waals surface area contributed by atoms with Crippen molar-refractivity contribution in [2.24, 2.45) is 0 Å². The fourth-order valence-electron chi connectivity index (χ4n) is 1.56. The van der Waals surface area contributed by atoms with Gasteiger partial charge >= 0.3 is 5.69 Å². The molecule has 6 nitrogen and oxygen atoms in total. The molecular formula is C12H12N4O2S. The zero-order valence-electron chi connectivity index (χ0n) is 10.2. The van der Waals surface area contributed by atoms with Crippen LogP contribution in [0.4, 0.5) is 11.4 Å². The molecule has 0 aliphatic heterocycles. The number of benzene rings is 1. The Labute approximate surface area is 114 Å². The Bertz CT molecular complexity index is 577. The summed E-state index contributed by atoms with van der Waals surface area (Å²) in [5.74, 6) is 0. The maximum atomic E-state index is 11.2. The van der Waals surface area contributed by atoms with E-state index in [9.17, 15) is 10.1 Å². The van der Waals surface area contributed by atoms with Crippen molar-refractivity contribution in [2.75, 3.05) is 11.9 Å². The van der Waals surface area contributed by atoms with Gasteiger partial charge in [0.2, 0.25) is 0 Å². The third kappa shape index (κ3) is 3.19. The van der Waals surface area contributed by atoms with Gasteiger partial charge in [0.1, 0.15) is 5.69 Å². The van der Waals surface area contributed by atoms with Crippen LogP contribution in [0.1, 0.15) is 6.92 Å². The van der Waals surface area contributed by atoms with Gasteiger partial charge in [-0.05, 0) is 36.9 Å². The highest BCUT2D eigenvalue weighted by Crippen LogP contribution is 2.37. The highest BCUT2D eigenvalue weighted by Gasteiger charge is 2.20. The Morgan fingerprint density at radius 1 is 1.32 bits per heavy atom. The number of nitro groups is 1. The summed E-state index contributed by atoms with van der Waals surface area (Å²) in [6.45, 7) is 2.51. The molecule has 0 fully saturated rings. The second-order valence-electron chi connectivity index (χ2n) is 3.57. The number of nitro benzene ring substituents is 1. The molecule has 0 bridgehead atoms. The van der Waals surface area contributed by atoms with Gasteiger partial charge in [0.25, 0.3) is 0 Å². The number of rotatable bonds is 5. The molecule has 2 rings (SSSR count). The summed E-state index contributed by atoms with van der Waals surface area (Å²) in [5.41, 5.74) is 0.565. The van der Waals surface area contributed by atoms with Gasteiger partial charge in [0.15, 0.2) is 5.16 Å². The van der Waals surface area contributed by atoms with E-state index in [2.05, 4.69) is 15.3 Å². The lowest BCUT2D eigenvalue weighted by Crippen LogP contribution is -2.02. The van der Waals surface area contributed by atoms with Gasteiger partial charge in [-0.15, -0.1) is 0 Å². The first-order valence-electron chi connectivity index (χ1n) is 5.68. The van der Waals surface area contributed by atoms with Crippen molar-refractivity contribution in [1.82, 2.24) is 9.97 Å². The van der Waals surface area contributed by atoms with Gasteiger partial charge in [-0.1, -0.05) is 6.07 Å². The van der Waals surface area contributed by atoms with Gasteiger partial charge in [-0.25, -0.2) is 9.97 Å². The maximum Gasteiger partial charge on any atom is 0.306 e. The van der Waals surface area contributed by atoms with E-state index in [0.29, 0.717) is 22.3 Å². The quantitative estimate of drug-likeness (QED) is 0.513. The number of para-hydroxylation sites is 1. The predicted molar refractivity (Wildman–Crippen MR) is 73.4 cm³/mol. The summed E-state index contributed by atoms with van der Waals surface area (Å²) in [5, 5.41) is 14.7. The third-order valence-electron chi connectivity index (χ3n) is 2.29. The summed E-state index contributed by atoms with van der Waals surface area (Å²) in [7, 11) is 0. The van der Waals surface area contributed by atoms with Gasteiger partial charge in [0, 0.05) is 18.9 Å². The minimum absolute atomic E-state index is 0.0572. The molecule has 1 heterocycles. The topological polar surface area (TPSA) is 81.0 Å². The first-order chi connectivity index (χ1) is 9.22. The first-order valence-corrected chi connectivity index (χ1v) is 6.50. The summed E-state index contributed by atoms with van der Waals surface area (Å²) in [6, 6.07) is 6.86. The molecule has 0 atom stereocenters. The molecule has 0 saturated heterocycles. The van der Waals surface area contributed by atoms with Crippen molar-refractivity contribution in [3.05, 3.63) is 46.8 Å². The zero-order valence-corrected chi connectivity index (χ0v) is 11.1. The largest absolute Gasteiger partial charge is 0.380 e. The monoisotopic (exact) mass is 276 g/mol. The lowest BCUT2D eigenvalue weighted by atomic mass is 10.2. The van der Waals surface area contributed by atoms with Crippen LogP contribution in [0.15, 0.2) is 46.7 Å². The molecule has 0 aliphatic rings. The molecule has 0 aliphatic carbocycles. The first kappa shape index (κ1) is 13.3. The standard InChI is InChI=1S/C12H12N4O2S/c1-2-13-9-5-3-6-10(11(9)16(17)18)19-12-14-7-4-8-15-12/h3-8,13H,2H2,1H3. The third-order valence-corrected chi connectivity index (χ3v) is 3.23. The highest BCUT2D eigenvalue weighted by atomic mass is 32.2. The van der Waals surface area contributed by atoms with E-state index in [-0.39, 0.29) is 10.6 Å². The van der Waals surface area contributed by atoms with E-state index in [4.69, 9.17) is 0 Å². The number of hydrogen-bond donors (Lipinski definition) is 1. The van der Waals surface area contributed by atoms with E-state index < -0.39 is 0 Å². The number of nitrogens with zero attached hydrogens (tertiary/aromatic N) is 3. The normalized spacial score (nSPS) is 10.2. The molecule has 0 radical (unpaired) electrons. The summed E-state index contributed by atoms with van der Waals surface area (Å²) >= 11 is 1.18. The van der Waals surface area contributed by atoms with E-state index >= 15 is 0 Å². The van der Waals surface area contributed by atoms with Crippen LogP contribution >= 0.6 is 11.8 Å². The number of hydrogen-bond acceptors (Lipinski definition) is 6. The Morgan fingerprint density at radius 2 is 2.05 bits per heavy atom. The van der Waals surface area contributed by atoms with Crippen molar-refractivity contribution < 1.29 is 4.92 Å².